The molecule has 2 N–H and O–H groups in total. The summed E-state index contributed by atoms with van der Waals surface area (Å²) in [6.07, 6.45) is 7.38. The zero-order chi connectivity index (χ0) is 14.8. The Morgan fingerprint density at radius 2 is 1.86 bits per heavy atom. The highest BCUT2D eigenvalue weighted by Crippen LogP contribution is 2.24. The van der Waals surface area contributed by atoms with Gasteiger partial charge in [-0.2, -0.15) is 0 Å². The summed E-state index contributed by atoms with van der Waals surface area (Å²) in [7, 11) is 0. The Bertz CT molecular complexity index is 607. The zero-order valence-corrected chi connectivity index (χ0v) is 13.2. The van der Waals surface area contributed by atoms with Gasteiger partial charge in [0.25, 0.3) is 0 Å². The fourth-order valence-electron chi connectivity index (χ4n) is 3.25. The number of rotatable bonds is 3. The van der Waals surface area contributed by atoms with Gasteiger partial charge >= 0.3 is 0 Å². The largest absolute Gasteiger partial charge is 0.398 e. The average Bonchev–Trinajstić information content (AvgIpc) is 2.63. The molecule has 0 bridgehead atoms. The van der Waals surface area contributed by atoms with E-state index in [0.717, 1.165) is 17.9 Å². The number of hydrogen-bond acceptors (Lipinski definition) is 3. The Morgan fingerprint density at radius 3 is 2.52 bits per heavy atom. The molecule has 1 saturated heterocycles. The van der Waals surface area contributed by atoms with E-state index in [1.807, 2.05) is 18.3 Å². The van der Waals surface area contributed by atoms with Crippen LogP contribution in [0.5, 0.6) is 0 Å². The maximum atomic E-state index is 5.97. The molecular formula is C17H26N4. The predicted octanol–water partition coefficient (Wildman–Crippen LogP) is 3.42. The second kappa shape index (κ2) is 6.06. The molecule has 1 aliphatic heterocycles. The number of pyridine rings is 1. The van der Waals surface area contributed by atoms with Crippen LogP contribution in [0.15, 0.2) is 18.3 Å². The van der Waals surface area contributed by atoms with E-state index >= 15 is 0 Å². The van der Waals surface area contributed by atoms with Crippen molar-refractivity contribution >= 4 is 11.3 Å². The first-order valence-electron chi connectivity index (χ1n) is 8.14. The maximum Gasteiger partial charge on any atom is 0.137 e. The van der Waals surface area contributed by atoms with Gasteiger partial charge in [0.15, 0.2) is 0 Å². The van der Waals surface area contributed by atoms with E-state index in [9.17, 15) is 0 Å². The Kier molecular flexibility index (Phi) is 4.15. The van der Waals surface area contributed by atoms with Crippen LogP contribution in [0, 0.1) is 0 Å². The maximum absolute atomic E-state index is 5.97. The number of nitrogens with zero attached hydrogens (tertiary/aromatic N) is 3. The van der Waals surface area contributed by atoms with Crippen molar-refractivity contribution in [3.63, 3.8) is 0 Å². The molecule has 0 unspecified atom stereocenters. The minimum Gasteiger partial charge on any atom is -0.398 e. The molecule has 0 saturated carbocycles. The molecule has 1 fully saturated rings. The van der Waals surface area contributed by atoms with E-state index in [2.05, 4.69) is 23.1 Å². The van der Waals surface area contributed by atoms with Gasteiger partial charge in [-0.05, 0) is 44.0 Å². The number of imidazole rings is 1. The summed E-state index contributed by atoms with van der Waals surface area (Å²) in [4.78, 5) is 7.40. The van der Waals surface area contributed by atoms with Crippen molar-refractivity contribution in [3.05, 3.63) is 29.7 Å². The number of nitrogens with two attached hydrogens (primary N) is 1. The summed E-state index contributed by atoms with van der Waals surface area (Å²) >= 11 is 0. The smallest absolute Gasteiger partial charge is 0.137 e. The van der Waals surface area contributed by atoms with Gasteiger partial charge < -0.3 is 10.1 Å². The van der Waals surface area contributed by atoms with Gasteiger partial charge in [0.2, 0.25) is 0 Å². The van der Waals surface area contributed by atoms with Crippen molar-refractivity contribution in [2.75, 3.05) is 18.8 Å². The first kappa shape index (κ1) is 14.4. The standard InChI is InChI=1S/C17H26N4/c1-13(2)17-15(12-20-9-5-3-4-6-10-20)21-11-14(18)7-8-16(21)19-17/h7-8,11,13H,3-6,9-10,12,18H2,1-2H3. The lowest BCUT2D eigenvalue weighted by Crippen LogP contribution is -2.25. The van der Waals surface area contributed by atoms with Crippen LogP contribution in [-0.2, 0) is 6.54 Å². The lowest BCUT2D eigenvalue weighted by atomic mass is 10.1. The molecule has 2 aromatic heterocycles. The van der Waals surface area contributed by atoms with Crippen molar-refractivity contribution < 1.29 is 0 Å². The van der Waals surface area contributed by atoms with Crippen molar-refractivity contribution in [2.24, 2.45) is 0 Å². The number of aromatic nitrogens is 2. The molecule has 0 amide bonds. The van der Waals surface area contributed by atoms with Crippen LogP contribution in [0.25, 0.3) is 5.65 Å². The molecule has 1 aliphatic rings. The van der Waals surface area contributed by atoms with Crippen molar-refractivity contribution in [1.82, 2.24) is 14.3 Å². The molecule has 0 atom stereocenters. The molecule has 0 aliphatic carbocycles. The van der Waals surface area contributed by atoms with Gasteiger partial charge in [-0.1, -0.05) is 26.7 Å². The fraction of sp³-hybridized carbons (Fsp3) is 0.588. The van der Waals surface area contributed by atoms with E-state index in [1.165, 1.54) is 50.2 Å². The molecule has 3 rings (SSSR count). The SMILES string of the molecule is CC(C)c1nc2ccc(N)cn2c1CN1CCCCCC1. The highest BCUT2D eigenvalue weighted by atomic mass is 15.2. The highest BCUT2D eigenvalue weighted by Gasteiger charge is 2.18. The normalized spacial score (nSPS) is 17.5. The Hall–Kier alpha value is -1.55. The van der Waals surface area contributed by atoms with Crippen LogP contribution in [-0.4, -0.2) is 27.4 Å². The molecule has 21 heavy (non-hydrogen) atoms. The van der Waals surface area contributed by atoms with E-state index < -0.39 is 0 Å². The van der Waals surface area contributed by atoms with Crippen molar-refractivity contribution in [2.45, 2.75) is 52.0 Å². The van der Waals surface area contributed by atoms with Gasteiger partial charge in [0.05, 0.1) is 11.4 Å². The summed E-state index contributed by atoms with van der Waals surface area (Å²) in [5.74, 6) is 0.438. The van der Waals surface area contributed by atoms with Crippen molar-refractivity contribution in [3.8, 4) is 0 Å². The molecule has 0 spiro atoms. The number of fused-ring (bicyclic) bond motifs is 1. The quantitative estimate of drug-likeness (QED) is 0.940. The lowest BCUT2D eigenvalue weighted by Gasteiger charge is -2.20. The van der Waals surface area contributed by atoms with E-state index in [1.54, 1.807) is 0 Å². The third-order valence-electron chi connectivity index (χ3n) is 4.39. The fourth-order valence-corrected chi connectivity index (χ4v) is 3.25. The summed E-state index contributed by atoms with van der Waals surface area (Å²) in [6.45, 7) is 7.83. The van der Waals surface area contributed by atoms with Crippen LogP contribution in [0.2, 0.25) is 0 Å². The monoisotopic (exact) mass is 286 g/mol. The number of nitrogen functional groups attached to an aromatic ring is 1. The topological polar surface area (TPSA) is 46.6 Å². The Balaban J connectivity index is 1.97. The first-order valence-corrected chi connectivity index (χ1v) is 8.14. The minimum absolute atomic E-state index is 0.438. The second-order valence-corrected chi connectivity index (χ2v) is 6.48. The van der Waals surface area contributed by atoms with Crippen LogP contribution >= 0.6 is 0 Å². The van der Waals surface area contributed by atoms with Crippen LogP contribution in [0.3, 0.4) is 0 Å². The molecule has 4 nitrogen and oxygen atoms in total. The summed E-state index contributed by atoms with van der Waals surface area (Å²) in [5, 5.41) is 0. The molecule has 2 aromatic rings. The van der Waals surface area contributed by atoms with Crippen LogP contribution < -0.4 is 5.73 Å². The van der Waals surface area contributed by atoms with Gasteiger partial charge in [0, 0.05) is 18.4 Å². The second-order valence-electron chi connectivity index (χ2n) is 6.48. The Labute approximate surface area is 127 Å². The lowest BCUT2D eigenvalue weighted by molar-refractivity contribution is 0.272. The van der Waals surface area contributed by atoms with Gasteiger partial charge in [0.1, 0.15) is 5.65 Å². The first-order chi connectivity index (χ1) is 10.1. The van der Waals surface area contributed by atoms with Crippen LogP contribution in [0.4, 0.5) is 5.69 Å². The minimum atomic E-state index is 0.438. The molecule has 0 radical (unpaired) electrons. The van der Waals surface area contributed by atoms with E-state index in [4.69, 9.17) is 10.7 Å². The summed E-state index contributed by atoms with van der Waals surface area (Å²) < 4.78 is 2.19. The van der Waals surface area contributed by atoms with Crippen molar-refractivity contribution in [1.29, 1.82) is 0 Å². The summed E-state index contributed by atoms with van der Waals surface area (Å²) in [5.41, 5.74) is 10.3. The average molecular weight is 286 g/mol. The van der Waals surface area contributed by atoms with Crippen LogP contribution in [0.1, 0.15) is 56.8 Å². The molecule has 3 heterocycles. The third-order valence-corrected chi connectivity index (χ3v) is 4.39. The predicted molar refractivity (Wildman–Crippen MR) is 87.4 cm³/mol. The number of likely N-dealkylation sites (tertiary alicyclic amines) is 1. The molecule has 4 heteroatoms. The molecular weight excluding hydrogens is 260 g/mol. The van der Waals surface area contributed by atoms with Gasteiger partial charge in [-0.15, -0.1) is 0 Å². The van der Waals surface area contributed by atoms with Gasteiger partial charge in [-0.25, -0.2) is 4.98 Å². The number of hydrogen-bond donors (Lipinski definition) is 1. The number of anilines is 1. The van der Waals surface area contributed by atoms with E-state index in [-0.39, 0.29) is 0 Å². The molecule has 114 valence electrons. The zero-order valence-electron chi connectivity index (χ0n) is 13.2. The highest BCUT2D eigenvalue weighted by molar-refractivity contribution is 5.50. The third kappa shape index (κ3) is 3.05. The van der Waals surface area contributed by atoms with E-state index in [0.29, 0.717) is 5.92 Å². The Morgan fingerprint density at radius 1 is 1.14 bits per heavy atom. The summed E-state index contributed by atoms with van der Waals surface area (Å²) in [6, 6.07) is 3.95. The molecule has 0 aromatic carbocycles. The van der Waals surface area contributed by atoms with Gasteiger partial charge in [-0.3, -0.25) is 4.90 Å².